The molecule has 1 fully saturated rings. The lowest BCUT2D eigenvalue weighted by molar-refractivity contribution is -0.132. The average Bonchev–Trinajstić information content (AvgIpc) is 3.31. The number of thiazole rings is 1. The lowest BCUT2D eigenvalue weighted by atomic mass is 9.86. The van der Waals surface area contributed by atoms with E-state index >= 15 is 0 Å². The maximum Gasteiger partial charge on any atom is 0.279 e. The normalized spacial score (nSPS) is 17.4. The second kappa shape index (κ2) is 8.43. The van der Waals surface area contributed by atoms with Crippen LogP contribution in [0.4, 0.5) is 5.13 Å². The van der Waals surface area contributed by atoms with E-state index in [1.54, 1.807) is 13.0 Å². The van der Waals surface area contributed by atoms with Crippen LogP contribution in [0, 0.1) is 12.8 Å². The molecular formula is C20H26N4O3S. The highest BCUT2D eigenvalue weighted by atomic mass is 32.1. The van der Waals surface area contributed by atoms with Gasteiger partial charge in [-0.05, 0) is 19.3 Å². The minimum Gasteiger partial charge on any atom is -0.361 e. The highest BCUT2D eigenvalue weighted by Gasteiger charge is 2.25. The smallest absolute Gasteiger partial charge is 0.279 e. The molecule has 150 valence electrons. The van der Waals surface area contributed by atoms with Gasteiger partial charge < -0.3 is 9.42 Å². The fourth-order valence-corrected chi connectivity index (χ4v) is 5.08. The van der Waals surface area contributed by atoms with Gasteiger partial charge in [0.25, 0.3) is 5.91 Å². The first kappa shape index (κ1) is 19.1. The van der Waals surface area contributed by atoms with Crippen LogP contribution in [0.25, 0.3) is 0 Å². The first-order chi connectivity index (χ1) is 13.6. The van der Waals surface area contributed by atoms with Gasteiger partial charge in [-0.3, -0.25) is 14.9 Å². The SMILES string of the molecule is Cc1cc(C(=O)Nc2nc3c(s2)CN(C(=O)CCC2CCCCC2)CC3)no1. The van der Waals surface area contributed by atoms with Gasteiger partial charge in [-0.2, -0.15) is 0 Å². The van der Waals surface area contributed by atoms with E-state index in [1.165, 1.54) is 43.4 Å². The summed E-state index contributed by atoms with van der Waals surface area (Å²) < 4.78 is 4.94. The zero-order chi connectivity index (χ0) is 19.5. The molecule has 0 atom stereocenters. The van der Waals surface area contributed by atoms with Gasteiger partial charge in [-0.1, -0.05) is 48.6 Å². The van der Waals surface area contributed by atoms with Crippen molar-refractivity contribution in [2.24, 2.45) is 5.92 Å². The maximum atomic E-state index is 12.6. The van der Waals surface area contributed by atoms with Crippen molar-refractivity contribution in [3.05, 3.63) is 28.1 Å². The topological polar surface area (TPSA) is 88.3 Å². The third-order valence-electron chi connectivity index (χ3n) is 5.66. The van der Waals surface area contributed by atoms with Crippen molar-refractivity contribution >= 4 is 28.3 Å². The van der Waals surface area contributed by atoms with Crippen molar-refractivity contribution in [2.75, 3.05) is 11.9 Å². The van der Waals surface area contributed by atoms with E-state index in [4.69, 9.17) is 4.52 Å². The van der Waals surface area contributed by atoms with E-state index in [1.807, 2.05) is 4.90 Å². The Morgan fingerprint density at radius 2 is 2.14 bits per heavy atom. The number of aryl methyl sites for hydroxylation is 1. The number of hydrogen-bond acceptors (Lipinski definition) is 6. The Morgan fingerprint density at radius 3 is 2.89 bits per heavy atom. The van der Waals surface area contributed by atoms with Gasteiger partial charge in [0.15, 0.2) is 10.8 Å². The molecule has 0 bridgehead atoms. The Labute approximate surface area is 168 Å². The molecule has 0 aromatic carbocycles. The molecular weight excluding hydrogens is 376 g/mol. The summed E-state index contributed by atoms with van der Waals surface area (Å²) in [6.45, 7) is 3.04. The molecule has 8 heteroatoms. The first-order valence-corrected chi connectivity index (χ1v) is 10.9. The van der Waals surface area contributed by atoms with Crippen molar-refractivity contribution in [3.63, 3.8) is 0 Å². The molecule has 1 aliphatic carbocycles. The van der Waals surface area contributed by atoms with Crippen LogP contribution in [-0.2, 0) is 17.8 Å². The third-order valence-corrected chi connectivity index (χ3v) is 6.65. The number of rotatable bonds is 5. The minimum atomic E-state index is -0.330. The number of anilines is 1. The molecule has 28 heavy (non-hydrogen) atoms. The number of amides is 2. The molecule has 7 nitrogen and oxygen atoms in total. The Balaban J connectivity index is 1.32. The van der Waals surface area contributed by atoms with E-state index in [0.717, 1.165) is 29.3 Å². The molecule has 2 aromatic heterocycles. The molecule has 0 radical (unpaired) electrons. The quantitative estimate of drug-likeness (QED) is 0.818. The average molecular weight is 403 g/mol. The van der Waals surface area contributed by atoms with Crippen molar-refractivity contribution < 1.29 is 14.1 Å². The summed E-state index contributed by atoms with van der Waals surface area (Å²) in [5.74, 6) is 1.23. The Kier molecular flexibility index (Phi) is 5.75. The van der Waals surface area contributed by atoms with Crippen LogP contribution in [-0.4, -0.2) is 33.4 Å². The summed E-state index contributed by atoms with van der Waals surface area (Å²) in [6.07, 6.45) is 8.93. The molecule has 2 aliphatic rings. The molecule has 0 saturated heterocycles. The van der Waals surface area contributed by atoms with E-state index in [2.05, 4.69) is 15.5 Å². The molecule has 1 N–H and O–H groups in total. The summed E-state index contributed by atoms with van der Waals surface area (Å²) in [7, 11) is 0. The highest BCUT2D eigenvalue weighted by Crippen LogP contribution is 2.30. The van der Waals surface area contributed by atoms with Crippen LogP contribution in [0.5, 0.6) is 0 Å². The fraction of sp³-hybridized carbons (Fsp3) is 0.600. The van der Waals surface area contributed by atoms with Crippen LogP contribution in [0.15, 0.2) is 10.6 Å². The number of nitrogens with one attached hydrogen (secondary N) is 1. The predicted molar refractivity (Wildman–Crippen MR) is 106 cm³/mol. The van der Waals surface area contributed by atoms with Crippen LogP contribution < -0.4 is 5.32 Å². The lowest BCUT2D eigenvalue weighted by Crippen LogP contribution is -2.35. The fourth-order valence-electron chi connectivity index (χ4n) is 4.06. The van der Waals surface area contributed by atoms with E-state index < -0.39 is 0 Å². The lowest BCUT2D eigenvalue weighted by Gasteiger charge is -2.27. The molecule has 4 rings (SSSR count). The van der Waals surface area contributed by atoms with Crippen LogP contribution in [0.2, 0.25) is 0 Å². The molecule has 2 amide bonds. The second-order valence-corrected chi connectivity index (χ2v) is 8.86. The molecule has 2 aromatic rings. The van der Waals surface area contributed by atoms with Crippen LogP contribution in [0.3, 0.4) is 0 Å². The molecule has 0 unspecified atom stereocenters. The zero-order valence-electron chi connectivity index (χ0n) is 16.2. The van der Waals surface area contributed by atoms with Crippen molar-refractivity contribution in [1.29, 1.82) is 0 Å². The van der Waals surface area contributed by atoms with Crippen molar-refractivity contribution in [3.8, 4) is 0 Å². The number of hydrogen-bond donors (Lipinski definition) is 1. The van der Waals surface area contributed by atoms with Gasteiger partial charge in [0, 0.05) is 30.3 Å². The minimum absolute atomic E-state index is 0.241. The Bertz CT molecular complexity index is 854. The van der Waals surface area contributed by atoms with Crippen LogP contribution in [0.1, 0.15) is 71.8 Å². The van der Waals surface area contributed by atoms with Gasteiger partial charge >= 0.3 is 0 Å². The molecule has 0 spiro atoms. The summed E-state index contributed by atoms with van der Waals surface area (Å²) in [5.41, 5.74) is 1.22. The van der Waals surface area contributed by atoms with Crippen molar-refractivity contribution in [2.45, 2.75) is 64.8 Å². The van der Waals surface area contributed by atoms with E-state index in [0.29, 0.717) is 30.4 Å². The summed E-state index contributed by atoms with van der Waals surface area (Å²) in [6, 6.07) is 1.59. The maximum absolute atomic E-state index is 12.6. The zero-order valence-corrected chi connectivity index (χ0v) is 17.0. The summed E-state index contributed by atoms with van der Waals surface area (Å²) in [4.78, 5) is 32.4. The van der Waals surface area contributed by atoms with Gasteiger partial charge in [-0.25, -0.2) is 4.98 Å². The molecule has 1 saturated carbocycles. The largest absolute Gasteiger partial charge is 0.361 e. The van der Waals surface area contributed by atoms with Gasteiger partial charge in [0.2, 0.25) is 5.91 Å². The monoisotopic (exact) mass is 402 g/mol. The predicted octanol–water partition coefficient (Wildman–Crippen LogP) is 3.94. The third kappa shape index (κ3) is 4.43. The second-order valence-electron chi connectivity index (χ2n) is 7.77. The number of aromatic nitrogens is 2. The molecule has 1 aliphatic heterocycles. The number of fused-ring (bicyclic) bond motifs is 1. The number of carbonyl (C=O) groups excluding carboxylic acids is 2. The summed E-state index contributed by atoms with van der Waals surface area (Å²) >= 11 is 1.44. The highest BCUT2D eigenvalue weighted by molar-refractivity contribution is 7.15. The molecule has 3 heterocycles. The van der Waals surface area contributed by atoms with Crippen LogP contribution >= 0.6 is 11.3 Å². The Morgan fingerprint density at radius 1 is 1.32 bits per heavy atom. The number of nitrogens with zero attached hydrogens (tertiary/aromatic N) is 3. The van der Waals surface area contributed by atoms with E-state index in [9.17, 15) is 9.59 Å². The van der Waals surface area contributed by atoms with Gasteiger partial charge in [-0.15, -0.1) is 0 Å². The first-order valence-electron chi connectivity index (χ1n) is 10.1. The standard InChI is InChI=1S/C20H26N4O3S/c1-13-11-16(23-27-13)19(26)22-20-21-15-9-10-24(12-17(15)28-20)18(25)8-7-14-5-3-2-4-6-14/h11,14H,2-10,12H2,1H3,(H,21,22,26). The van der Waals surface area contributed by atoms with Gasteiger partial charge in [0.1, 0.15) is 5.76 Å². The summed E-state index contributed by atoms with van der Waals surface area (Å²) in [5, 5.41) is 7.06. The Hall–Kier alpha value is -2.22. The van der Waals surface area contributed by atoms with Gasteiger partial charge in [0.05, 0.1) is 12.2 Å². The van der Waals surface area contributed by atoms with Crippen molar-refractivity contribution in [1.82, 2.24) is 15.0 Å². The van der Waals surface area contributed by atoms with E-state index in [-0.39, 0.29) is 17.5 Å². The number of carbonyl (C=O) groups is 2.